The fourth-order valence-electron chi connectivity index (χ4n) is 3.81. The van der Waals surface area contributed by atoms with E-state index >= 15 is 0 Å². The monoisotopic (exact) mass is 374 g/mol. The van der Waals surface area contributed by atoms with E-state index in [1.165, 1.54) is 22.3 Å². The molecule has 2 N–H and O–H groups in total. The largest absolute Gasteiger partial charge is 0.508 e. The lowest BCUT2D eigenvalue weighted by molar-refractivity contribution is 0.474. The Morgan fingerprint density at radius 2 is 0.571 bits per heavy atom. The fourth-order valence-corrected chi connectivity index (χ4v) is 3.81. The molecule has 3 rings (SSSR count). The van der Waals surface area contributed by atoms with Crippen molar-refractivity contribution in [3.63, 3.8) is 0 Å². The highest BCUT2D eigenvalue weighted by atomic mass is 16.3. The molecule has 2 heteroatoms. The van der Waals surface area contributed by atoms with Gasteiger partial charge in [-0.25, -0.2) is 0 Å². The van der Waals surface area contributed by atoms with Crippen LogP contribution in [0.4, 0.5) is 0 Å². The van der Waals surface area contributed by atoms with Crippen LogP contribution in [0, 0.1) is 0 Å². The van der Waals surface area contributed by atoms with E-state index in [4.69, 9.17) is 0 Å². The standard InChI is InChI=1S/C26H30O2/c1-17(19(3)23-9-13-25(27)14-10-23)21-5-7-22(8-6-21)18(2)20(4)24-11-15-26(28)16-12-24/h5-20,27-28H,1-4H3. The molecule has 0 saturated heterocycles. The normalized spacial score (nSPS) is 15.6. The van der Waals surface area contributed by atoms with E-state index in [0.29, 0.717) is 35.2 Å². The predicted octanol–water partition coefficient (Wildman–Crippen LogP) is 6.91. The maximum Gasteiger partial charge on any atom is 0.115 e. The Balaban J connectivity index is 1.73. The number of aromatic hydroxyl groups is 2. The van der Waals surface area contributed by atoms with Crippen molar-refractivity contribution in [3.05, 3.63) is 95.1 Å². The molecule has 0 aromatic heterocycles. The first-order chi connectivity index (χ1) is 13.4. The molecule has 3 aromatic carbocycles. The minimum atomic E-state index is 0.310. The van der Waals surface area contributed by atoms with Crippen LogP contribution >= 0.6 is 0 Å². The molecule has 0 spiro atoms. The lowest BCUT2D eigenvalue weighted by Gasteiger charge is -2.24. The highest BCUT2D eigenvalue weighted by Crippen LogP contribution is 2.36. The van der Waals surface area contributed by atoms with Crippen LogP contribution in [0.2, 0.25) is 0 Å². The van der Waals surface area contributed by atoms with Gasteiger partial charge in [-0.05, 0) is 70.2 Å². The summed E-state index contributed by atoms with van der Waals surface area (Å²) in [5.41, 5.74) is 5.13. The molecular weight excluding hydrogens is 344 g/mol. The molecule has 0 aliphatic carbocycles. The molecule has 0 fully saturated rings. The summed E-state index contributed by atoms with van der Waals surface area (Å²) < 4.78 is 0. The second-order valence-corrected chi connectivity index (χ2v) is 8.00. The predicted molar refractivity (Wildman–Crippen MR) is 116 cm³/mol. The molecule has 146 valence electrons. The van der Waals surface area contributed by atoms with Gasteiger partial charge in [0.25, 0.3) is 0 Å². The number of hydrogen-bond donors (Lipinski definition) is 2. The van der Waals surface area contributed by atoms with Gasteiger partial charge in [-0.15, -0.1) is 0 Å². The SMILES string of the molecule is CC(c1ccc(O)cc1)C(C)c1ccc(C(C)C(C)c2ccc(O)cc2)cc1. The van der Waals surface area contributed by atoms with Gasteiger partial charge in [0, 0.05) is 0 Å². The number of benzene rings is 3. The van der Waals surface area contributed by atoms with Gasteiger partial charge in [0.2, 0.25) is 0 Å². The zero-order valence-corrected chi connectivity index (χ0v) is 17.1. The van der Waals surface area contributed by atoms with Crippen LogP contribution in [0.5, 0.6) is 11.5 Å². The zero-order valence-electron chi connectivity index (χ0n) is 17.1. The van der Waals surface area contributed by atoms with Crippen molar-refractivity contribution in [2.75, 3.05) is 0 Å². The van der Waals surface area contributed by atoms with Crippen molar-refractivity contribution in [1.82, 2.24) is 0 Å². The summed E-state index contributed by atoms with van der Waals surface area (Å²) in [7, 11) is 0. The molecule has 28 heavy (non-hydrogen) atoms. The van der Waals surface area contributed by atoms with Gasteiger partial charge in [-0.3, -0.25) is 0 Å². The van der Waals surface area contributed by atoms with Crippen LogP contribution in [-0.4, -0.2) is 10.2 Å². The zero-order chi connectivity index (χ0) is 20.3. The van der Waals surface area contributed by atoms with Crippen molar-refractivity contribution in [2.24, 2.45) is 0 Å². The third-order valence-electron chi connectivity index (χ3n) is 6.33. The molecule has 0 saturated carbocycles. The smallest absolute Gasteiger partial charge is 0.115 e. The molecule has 0 heterocycles. The van der Waals surface area contributed by atoms with Crippen molar-refractivity contribution in [2.45, 2.75) is 51.4 Å². The summed E-state index contributed by atoms with van der Waals surface area (Å²) in [6.07, 6.45) is 0. The van der Waals surface area contributed by atoms with Crippen LogP contribution in [-0.2, 0) is 0 Å². The van der Waals surface area contributed by atoms with E-state index < -0.39 is 0 Å². The second kappa shape index (κ2) is 8.52. The summed E-state index contributed by atoms with van der Waals surface area (Å²) in [6.45, 7) is 8.99. The lowest BCUT2D eigenvalue weighted by atomic mass is 9.81. The lowest BCUT2D eigenvalue weighted by Crippen LogP contribution is -2.07. The molecular formula is C26H30O2. The second-order valence-electron chi connectivity index (χ2n) is 8.00. The molecule has 0 radical (unpaired) electrons. The maximum absolute atomic E-state index is 9.50. The molecule has 0 amide bonds. The quantitative estimate of drug-likeness (QED) is 0.492. The van der Waals surface area contributed by atoms with Crippen molar-refractivity contribution < 1.29 is 10.2 Å². The minimum Gasteiger partial charge on any atom is -0.508 e. The third kappa shape index (κ3) is 4.39. The number of rotatable bonds is 6. The molecule has 0 aliphatic heterocycles. The van der Waals surface area contributed by atoms with E-state index in [1.54, 1.807) is 24.3 Å². The Morgan fingerprint density at radius 1 is 0.393 bits per heavy atom. The first-order valence-corrected chi connectivity index (χ1v) is 10.0. The van der Waals surface area contributed by atoms with Crippen molar-refractivity contribution in [1.29, 1.82) is 0 Å². The summed E-state index contributed by atoms with van der Waals surface area (Å²) in [5, 5.41) is 19.0. The fraction of sp³-hybridized carbons (Fsp3) is 0.308. The number of phenolic OH excluding ortho intramolecular Hbond substituents is 2. The molecule has 0 bridgehead atoms. The van der Waals surface area contributed by atoms with E-state index in [2.05, 4.69) is 52.0 Å². The van der Waals surface area contributed by atoms with E-state index in [1.807, 2.05) is 24.3 Å². The highest BCUT2D eigenvalue weighted by molar-refractivity contribution is 5.35. The minimum absolute atomic E-state index is 0.310. The topological polar surface area (TPSA) is 40.5 Å². The summed E-state index contributed by atoms with van der Waals surface area (Å²) in [4.78, 5) is 0. The summed E-state index contributed by atoms with van der Waals surface area (Å²) >= 11 is 0. The van der Waals surface area contributed by atoms with Gasteiger partial charge in [-0.1, -0.05) is 76.2 Å². The van der Waals surface area contributed by atoms with Gasteiger partial charge in [0.1, 0.15) is 11.5 Å². The average Bonchev–Trinajstić information content (AvgIpc) is 2.73. The van der Waals surface area contributed by atoms with Crippen molar-refractivity contribution >= 4 is 0 Å². The van der Waals surface area contributed by atoms with Crippen LogP contribution in [0.25, 0.3) is 0 Å². The Kier molecular flexibility index (Phi) is 6.08. The van der Waals surface area contributed by atoms with E-state index in [9.17, 15) is 10.2 Å². The van der Waals surface area contributed by atoms with Gasteiger partial charge >= 0.3 is 0 Å². The van der Waals surface area contributed by atoms with Crippen LogP contribution in [0.3, 0.4) is 0 Å². The number of hydrogen-bond acceptors (Lipinski definition) is 2. The van der Waals surface area contributed by atoms with Gasteiger partial charge < -0.3 is 10.2 Å². The number of phenols is 2. The molecule has 0 aliphatic rings. The Morgan fingerprint density at radius 3 is 0.786 bits per heavy atom. The maximum atomic E-state index is 9.50. The average molecular weight is 375 g/mol. The van der Waals surface area contributed by atoms with Crippen LogP contribution in [0.15, 0.2) is 72.8 Å². The highest BCUT2D eigenvalue weighted by Gasteiger charge is 2.19. The van der Waals surface area contributed by atoms with Gasteiger partial charge in [-0.2, -0.15) is 0 Å². The first kappa shape index (κ1) is 20.0. The van der Waals surface area contributed by atoms with E-state index in [0.717, 1.165) is 0 Å². The van der Waals surface area contributed by atoms with Gasteiger partial charge in [0.05, 0.1) is 0 Å². The third-order valence-corrected chi connectivity index (χ3v) is 6.33. The molecule has 4 unspecified atom stereocenters. The van der Waals surface area contributed by atoms with Crippen LogP contribution in [0.1, 0.15) is 73.6 Å². The molecule has 3 aromatic rings. The van der Waals surface area contributed by atoms with E-state index in [-0.39, 0.29) is 0 Å². The van der Waals surface area contributed by atoms with Crippen LogP contribution < -0.4 is 0 Å². The summed E-state index contributed by atoms with van der Waals surface area (Å²) in [6, 6.07) is 24.0. The molecule has 4 atom stereocenters. The van der Waals surface area contributed by atoms with Crippen molar-refractivity contribution in [3.8, 4) is 11.5 Å². The molecule has 2 nitrogen and oxygen atoms in total. The first-order valence-electron chi connectivity index (χ1n) is 10.0. The summed E-state index contributed by atoms with van der Waals surface area (Å²) in [5.74, 6) is 2.15. The Hall–Kier alpha value is -2.74. The Labute approximate surface area is 168 Å². The Bertz CT molecular complexity index is 803. The van der Waals surface area contributed by atoms with Gasteiger partial charge in [0.15, 0.2) is 0 Å².